The van der Waals surface area contributed by atoms with Gasteiger partial charge in [0.15, 0.2) is 17.5 Å². The summed E-state index contributed by atoms with van der Waals surface area (Å²) in [5.74, 6) is 1.17. The van der Waals surface area contributed by atoms with E-state index in [1.165, 1.54) is 0 Å². The second kappa shape index (κ2) is 11.2. The lowest BCUT2D eigenvalue weighted by atomic mass is 10.2. The standard InChI is InChI=1S/C33H21N9/c1-4-19-34-22(10-1)25-13-7-16-28(37-25)31-40-32(29-17-8-14-26(38-29)23-11-2-5-20-35-23)42-33(41-31)30-18-9-15-27(39-30)24-12-3-6-21-36-24/h1-21H. The number of aromatic nitrogens is 9. The van der Waals surface area contributed by atoms with Crippen LogP contribution in [-0.2, 0) is 0 Å². The third kappa shape index (κ3) is 5.22. The molecule has 0 fully saturated rings. The first kappa shape index (κ1) is 24.9. The normalized spacial score (nSPS) is 10.9. The highest BCUT2D eigenvalue weighted by Gasteiger charge is 2.17. The summed E-state index contributed by atoms with van der Waals surface area (Å²) < 4.78 is 0. The van der Waals surface area contributed by atoms with Gasteiger partial charge in [-0.3, -0.25) is 15.0 Å². The van der Waals surface area contributed by atoms with Gasteiger partial charge in [-0.2, -0.15) is 0 Å². The molecule has 0 saturated heterocycles. The summed E-state index contributed by atoms with van der Waals surface area (Å²) in [5, 5.41) is 0. The molecule has 9 nitrogen and oxygen atoms in total. The molecule has 9 heteroatoms. The molecule has 7 aromatic rings. The SMILES string of the molecule is c1ccc(-c2cccc(-c3nc(-c4cccc(-c5ccccn5)n4)nc(-c4cccc(-c5ccccn5)n4)n3)n2)nc1. The van der Waals surface area contributed by atoms with E-state index in [9.17, 15) is 0 Å². The zero-order chi connectivity index (χ0) is 28.1. The van der Waals surface area contributed by atoms with Crippen molar-refractivity contribution in [1.82, 2.24) is 44.9 Å². The molecule has 7 rings (SSSR count). The van der Waals surface area contributed by atoms with E-state index in [1.54, 1.807) is 18.6 Å². The quantitative estimate of drug-likeness (QED) is 0.240. The first-order valence-corrected chi connectivity index (χ1v) is 13.2. The topological polar surface area (TPSA) is 116 Å². The molecular formula is C33H21N9. The highest BCUT2D eigenvalue weighted by Crippen LogP contribution is 2.26. The van der Waals surface area contributed by atoms with Crippen molar-refractivity contribution in [3.8, 4) is 68.7 Å². The maximum Gasteiger partial charge on any atom is 0.182 e. The van der Waals surface area contributed by atoms with Gasteiger partial charge in [-0.1, -0.05) is 36.4 Å². The van der Waals surface area contributed by atoms with Crippen LogP contribution in [0.1, 0.15) is 0 Å². The number of hydrogen-bond donors (Lipinski definition) is 0. The van der Waals surface area contributed by atoms with Gasteiger partial charge in [0.25, 0.3) is 0 Å². The van der Waals surface area contributed by atoms with Gasteiger partial charge < -0.3 is 0 Å². The lowest BCUT2D eigenvalue weighted by Crippen LogP contribution is -2.04. The Morgan fingerprint density at radius 3 is 0.810 bits per heavy atom. The predicted octanol–water partition coefficient (Wildman–Crippen LogP) is 6.24. The second-order valence-electron chi connectivity index (χ2n) is 9.18. The molecule has 198 valence electrons. The fourth-order valence-electron chi connectivity index (χ4n) is 4.37. The Morgan fingerprint density at radius 2 is 0.524 bits per heavy atom. The highest BCUT2D eigenvalue weighted by molar-refractivity contribution is 5.67. The Hall–Kier alpha value is -6.09. The van der Waals surface area contributed by atoms with Crippen molar-refractivity contribution in [1.29, 1.82) is 0 Å². The third-order valence-electron chi connectivity index (χ3n) is 6.35. The molecule has 0 amide bonds. The van der Waals surface area contributed by atoms with Crippen LogP contribution in [0.2, 0.25) is 0 Å². The van der Waals surface area contributed by atoms with Crippen molar-refractivity contribution in [3.63, 3.8) is 0 Å². The molecule has 0 spiro atoms. The summed E-state index contributed by atoms with van der Waals surface area (Å²) in [6.07, 6.45) is 5.22. The summed E-state index contributed by atoms with van der Waals surface area (Å²) in [4.78, 5) is 42.3. The van der Waals surface area contributed by atoms with Crippen molar-refractivity contribution in [2.75, 3.05) is 0 Å². The van der Waals surface area contributed by atoms with Gasteiger partial charge in [0.2, 0.25) is 0 Å². The van der Waals surface area contributed by atoms with E-state index in [-0.39, 0.29) is 0 Å². The van der Waals surface area contributed by atoms with Gasteiger partial charge >= 0.3 is 0 Å². The van der Waals surface area contributed by atoms with Crippen molar-refractivity contribution < 1.29 is 0 Å². The maximum absolute atomic E-state index is 4.84. The van der Waals surface area contributed by atoms with Gasteiger partial charge in [-0.15, -0.1) is 0 Å². The van der Waals surface area contributed by atoms with E-state index in [2.05, 4.69) is 15.0 Å². The Kier molecular flexibility index (Phi) is 6.63. The van der Waals surface area contributed by atoms with Crippen LogP contribution in [0.3, 0.4) is 0 Å². The van der Waals surface area contributed by atoms with Gasteiger partial charge in [-0.25, -0.2) is 29.9 Å². The summed E-state index contributed by atoms with van der Waals surface area (Å²) in [5.41, 5.74) is 6.11. The zero-order valence-electron chi connectivity index (χ0n) is 22.1. The Labute approximate surface area is 241 Å². The number of nitrogens with zero attached hydrogens (tertiary/aromatic N) is 9. The monoisotopic (exact) mass is 543 g/mol. The number of hydrogen-bond acceptors (Lipinski definition) is 9. The third-order valence-corrected chi connectivity index (χ3v) is 6.35. The molecule has 0 aliphatic rings. The molecule has 7 aromatic heterocycles. The van der Waals surface area contributed by atoms with Crippen LogP contribution >= 0.6 is 0 Å². The molecule has 0 aliphatic carbocycles. The minimum Gasteiger partial charge on any atom is -0.255 e. The lowest BCUT2D eigenvalue weighted by Gasteiger charge is -2.09. The summed E-state index contributed by atoms with van der Waals surface area (Å²) >= 11 is 0. The van der Waals surface area contributed by atoms with Gasteiger partial charge in [-0.05, 0) is 72.8 Å². The fourth-order valence-corrected chi connectivity index (χ4v) is 4.37. The maximum atomic E-state index is 4.84. The fraction of sp³-hybridized carbons (Fsp3) is 0. The van der Waals surface area contributed by atoms with Crippen LogP contribution in [0.15, 0.2) is 128 Å². The Bertz CT molecular complexity index is 1740. The largest absolute Gasteiger partial charge is 0.255 e. The van der Waals surface area contributed by atoms with Crippen LogP contribution in [0.5, 0.6) is 0 Å². The second-order valence-corrected chi connectivity index (χ2v) is 9.18. The molecule has 42 heavy (non-hydrogen) atoms. The number of pyridine rings is 6. The zero-order valence-corrected chi connectivity index (χ0v) is 22.1. The van der Waals surface area contributed by atoms with Crippen LogP contribution in [0.25, 0.3) is 68.7 Å². The first-order valence-electron chi connectivity index (χ1n) is 13.2. The molecule has 0 bridgehead atoms. The Balaban J connectivity index is 1.38. The van der Waals surface area contributed by atoms with Crippen LogP contribution in [0.4, 0.5) is 0 Å². The minimum atomic E-state index is 0.392. The van der Waals surface area contributed by atoms with Crippen LogP contribution < -0.4 is 0 Å². The molecule has 0 saturated carbocycles. The van der Waals surface area contributed by atoms with Crippen LogP contribution in [-0.4, -0.2) is 44.9 Å². The molecule has 0 N–H and O–H groups in total. The smallest absolute Gasteiger partial charge is 0.182 e. The summed E-state index contributed by atoms with van der Waals surface area (Å²) in [6, 6.07) is 34.2. The van der Waals surface area contributed by atoms with Crippen molar-refractivity contribution in [2.24, 2.45) is 0 Å². The average Bonchev–Trinajstić information content (AvgIpc) is 3.09. The van der Waals surface area contributed by atoms with Crippen molar-refractivity contribution in [2.45, 2.75) is 0 Å². The molecular weight excluding hydrogens is 522 g/mol. The van der Waals surface area contributed by atoms with E-state index in [1.807, 2.05) is 109 Å². The van der Waals surface area contributed by atoms with E-state index >= 15 is 0 Å². The number of rotatable bonds is 6. The van der Waals surface area contributed by atoms with Gasteiger partial charge in [0.1, 0.15) is 17.1 Å². The predicted molar refractivity (Wildman–Crippen MR) is 159 cm³/mol. The van der Waals surface area contributed by atoms with Gasteiger partial charge in [0.05, 0.1) is 34.2 Å². The summed E-state index contributed by atoms with van der Waals surface area (Å²) in [6.45, 7) is 0. The van der Waals surface area contributed by atoms with Crippen molar-refractivity contribution >= 4 is 0 Å². The Morgan fingerprint density at radius 1 is 0.238 bits per heavy atom. The van der Waals surface area contributed by atoms with E-state index in [0.29, 0.717) is 51.6 Å². The molecule has 0 aliphatic heterocycles. The summed E-state index contributed by atoms with van der Waals surface area (Å²) in [7, 11) is 0. The van der Waals surface area contributed by atoms with Gasteiger partial charge in [0, 0.05) is 18.6 Å². The van der Waals surface area contributed by atoms with Crippen LogP contribution in [0, 0.1) is 0 Å². The van der Waals surface area contributed by atoms with E-state index in [0.717, 1.165) is 17.1 Å². The minimum absolute atomic E-state index is 0.392. The lowest BCUT2D eigenvalue weighted by molar-refractivity contribution is 1.03. The average molecular weight is 544 g/mol. The molecule has 7 heterocycles. The van der Waals surface area contributed by atoms with Crippen molar-refractivity contribution in [3.05, 3.63) is 128 Å². The molecule has 0 aromatic carbocycles. The molecule has 0 radical (unpaired) electrons. The first-order chi connectivity index (χ1) is 20.8. The van der Waals surface area contributed by atoms with E-state index < -0.39 is 0 Å². The highest BCUT2D eigenvalue weighted by atomic mass is 15.1. The van der Waals surface area contributed by atoms with E-state index in [4.69, 9.17) is 29.9 Å². The molecule has 0 atom stereocenters. The molecule has 0 unspecified atom stereocenters.